The zero-order chi connectivity index (χ0) is 15.7. The lowest BCUT2D eigenvalue weighted by molar-refractivity contribution is -0.143. The van der Waals surface area contributed by atoms with Crippen LogP contribution in [0.4, 0.5) is 0 Å². The van der Waals surface area contributed by atoms with Gasteiger partial charge in [0.25, 0.3) is 0 Å². The van der Waals surface area contributed by atoms with Crippen molar-refractivity contribution < 1.29 is 4.79 Å². The highest BCUT2D eigenvalue weighted by Crippen LogP contribution is 2.49. The summed E-state index contributed by atoms with van der Waals surface area (Å²) in [6, 6.07) is 10.3. The van der Waals surface area contributed by atoms with E-state index >= 15 is 0 Å². The summed E-state index contributed by atoms with van der Waals surface area (Å²) >= 11 is 1.60. The summed E-state index contributed by atoms with van der Waals surface area (Å²) in [5, 5.41) is 2.95. The van der Waals surface area contributed by atoms with Gasteiger partial charge in [0, 0.05) is 18.6 Å². The molecule has 1 aromatic heterocycles. The van der Waals surface area contributed by atoms with Gasteiger partial charge in [-0.25, -0.2) is 4.98 Å². The Balaban J connectivity index is 1.88. The lowest BCUT2D eigenvalue weighted by atomic mass is 9.58. The molecule has 1 aromatic carbocycles. The number of hydrogen-bond donors (Lipinski definition) is 0. The van der Waals surface area contributed by atoms with Gasteiger partial charge in [-0.3, -0.25) is 4.79 Å². The van der Waals surface area contributed by atoms with Crippen LogP contribution in [0.25, 0.3) is 0 Å². The minimum atomic E-state index is -0.346. The van der Waals surface area contributed by atoms with E-state index in [0.29, 0.717) is 5.92 Å². The molecular formula is C18H22N2OS. The molecule has 0 radical (unpaired) electrons. The molecule has 1 unspecified atom stereocenters. The van der Waals surface area contributed by atoms with Crippen LogP contribution >= 0.6 is 11.3 Å². The van der Waals surface area contributed by atoms with Crippen LogP contribution in [0.15, 0.2) is 41.9 Å². The van der Waals surface area contributed by atoms with E-state index in [1.165, 1.54) is 0 Å². The molecule has 0 bridgehead atoms. The maximum absolute atomic E-state index is 13.2. The van der Waals surface area contributed by atoms with E-state index in [0.717, 1.165) is 23.4 Å². The normalized spacial score (nSPS) is 25.3. The Labute approximate surface area is 136 Å². The van der Waals surface area contributed by atoms with Crippen molar-refractivity contribution in [2.75, 3.05) is 7.05 Å². The molecule has 1 fully saturated rings. The first-order valence-electron chi connectivity index (χ1n) is 7.77. The largest absolute Gasteiger partial charge is 0.336 e. The fourth-order valence-electron chi connectivity index (χ4n) is 3.54. The Kier molecular flexibility index (Phi) is 4.04. The Morgan fingerprint density at radius 1 is 1.36 bits per heavy atom. The number of hydrogen-bond acceptors (Lipinski definition) is 3. The van der Waals surface area contributed by atoms with E-state index in [2.05, 4.69) is 31.0 Å². The van der Waals surface area contributed by atoms with Crippen molar-refractivity contribution >= 4 is 17.2 Å². The Morgan fingerprint density at radius 3 is 2.59 bits per heavy atom. The minimum Gasteiger partial charge on any atom is -0.336 e. The first-order chi connectivity index (χ1) is 10.5. The summed E-state index contributed by atoms with van der Waals surface area (Å²) in [5.41, 5.74) is 0.803. The van der Waals surface area contributed by atoms with Gasteiger partial charge in [-0.05, 0) is 31.2 Å². The van der Waals surface area contributed by atoms with Crippen molar-refractivity contribution in [3.63, 3.8) is 0 Å². The zero-order valence-corrected chi connectivity index (χ0v) is 14.1. The highest BCUT2D eigenvalue weighted by Gasteiger charge is 2.51. The number of carbonyl (C=O) groups is 1. The third-order valence-corrected chi connectivity index (χ3v) is 5.79. The van der Waals surface area contributed by atoms with Crippen molar-refractivity contribution in [2.45, 2.75) is 38.1 Å². The van der Waals surface area contributed by atoms with Gasteiger partial charge in [0.05, 0.1) is 11.5 Å². The predicted molar refractivity (Wildman–Crippen MR) is 89.8 cm³/mol. The number of rotatable bonds is 4. The fraction of sp³-hybridized carbons (Fsp3) is 0.444. The van der Waals surface area contributed by atoms with E-state index in [-0.39, 0.29) is 17.4 Å². The Morgan fingerprint density at radius 2 is 2.05 bits per heavy atom. The second-order valence-corrected chi connectivity index (χ2v) is 7.35. The average Bonchev–Trinajstić information content (AvgIpc) is 3.04. The molecule has 1 saturated carbocycles. The van der Waals surface area contributed by atoms with Gasteiger partial charge in [-0.1, -0.05) is 37.3 Å². The molecule has 0 spiro atoms. The summed E-state index contributed by atoms with van der Waals surface area (Å²) in [5.74, 6) is 0.826. The van der Waals surface area contributed by atoms with Gasteiger partial charge in [-0.2, -0.15) is 0 Å². The number of thiazole rings is 1. The van der Waals surface area contributed by atoms with Gasteiger partial charge in [0.2, 0.25) is 5.91 Å². The smallest absolute Gasteiger partial charge is 0.233 e. The quantitative estimate of drug-likeness (QED) is 0.853. The molecule has 116 valence electrons. The number of amides is 1. The molecule has 22 heavy (non-hydrogen) atoms. The summed E-state index contributed by atoms with van der Waals surface area (Å²) in [4.78, 5) is 19.5. The van der Waals surface area contributed by atoms with Crippen LogP contribution in [0, 0.1) is 5.92 Å². The molecule has 3 nitrogen and oxygen atoms in total. The first-order valence-corrected chi connectivity index (χ1v) is 8.65. The molecule has 1 atom stereocenters. The highest BCUT2D eigenvalue weighted by atomic mass is 32.1. The molecule has 1 aliphatic rings. The van der Waals surface area contributed by atoms with Crippen molar-refractivity contribution in [3.8, 4) is 0 Å². The summed E-state index contributed by atoms with van der Waals surface area (Å²) in [6.07, 6.45) is 3.67. The van der Waals surface area contributed by atoms with Gasteiger partial charge in [-0.15, -0.1) is 11.3 Å². The van der Waals surface area contributed by atoms with E-state index < -0.39 is 0 Å². The monoisotopic (exact) mass is 314 g/mol. The Hall–Kier alpha value is -1.68. The van der Waals surface area contributed by atoms with Crippen molar-refractivity contribution in [3.05, 3.63) is 52.5 Å². The van der Waals surface area contributed by atoms with E-state index in [9.17, 15) is 4.79 Å². The Bertz CT molecular complexity index is 632. The molecule has 0 N–H and O–H groups in total. The molecular weight excluding hydrogens is 292 g/mol. The van der Waals surface area contributed by atoms with Crippen molar-refractivity contribution in [2.24, 2.45) is 5.92 Å². The number of carbonyl (C=O) groups excluding carboxylic acids is 1. The van der Waals surface area contributed by atoms with Crippen LogP contribution in [0.1, 0.15) is 43.3 Å². The van der Waals surface area contributed by atoms with Gasteiger partial charge in [0.15, 0.2) is 0 Å². The number of nitrogens with zero attached hydrogens (tertiary/aromatic N) is 2. The SMILES string of the molecule is CC1CC(C(=O)N(C)C(C)c2nccs2)(c2ccccc2)C1. The third kappa shape index (κ3) is 2.45. The van der Waals surface area contributed by atoms with Crippen LogP contribution in [0.3, 0.4) is 0 Å². The topological polar surface area (TPSA) is 33.2 Å². The highest BCUT2D eigenvalue weighted by molar-refractivity contribution is 7.09. The molecule has 1 heterocycles. The van der Waals surface area contributed by atoms with Crippen molar-refractivity contribution in [1.82, 2.24) is 9.88 Å². The van der Waals surface area contributed by atoms with Crippen LogP contribution < -0.4 is 0 Å². The van der Waals surface area contributed by atoms with Crippen LogP contribution in [0.5, 0.6) is 0 Å². The molecule has 1 aliphatic carbocycles. The van der Waals surface area contributed by atoms with E-state index in [1.54, 1.807) is 17.5 Å². The fourth-order valence-corrected chi connectivity index (χ4v) is 4.28. The second kappa shape index (κ2) is 5.84. The zero-order valence-electron chi connectivity index (χ0n) is 13.3. The maximum atomic E-state index is 13.2. The molecule has 4 heteroatoms. The van der Waals surface area contributed by atoms with Crippen LogP contribution in [0.2, 0.25) is 0 Å². The molecule has 0 aliphatic heterocycles. The molecule has 3 rings (SSSR count). The van der Waals surface area contributed by atoms with Gasteiger partial charge in [0.1, 0.15) is 5.01 Å². The van der Waals surface area contributed by atoms with Gasteiger partial charge < -0.3 is 4.90 Å². The predicted octanol–water partition coefficient (Wildman–Crippen LogP) is 4.03. The number of aromatic nitrogens is 1. The van der Waals surface area contributed by atoms with Gasteiger partial charge >= 0.3 is 0 Å². The number of likely N-dealkylation sites (N-methyl/N-ethyl adjacent to an activating group) is 1. The second-order valence-electron chi connectivity index (χ2n) is 6.42. The number of benzene rings is 1. The molecule has 0 saturated heterocycles. The summed E-state index contributed by atoms with van der Waals surface area (Å²) in [6.45, 7) is 4.27. The average molecular weight is 314 g/mol. The van der Waals surface area contributed by atoms with Crippen LogP contribution in [-0.4, -0.2) is 22.8 Å². The van der Waals surface area contributed by atoms with E-state index in [1.807, 2.05) is 35.5 Å². The van der Waals surface area contributed by atoms with E-state index in [4.69, 9.17) is 0 Å². The standard InChI is InChI=1S/C18H22N2OS/c1-13-11-18(12-13,15-7-5-4-6-8-15)17(21)20(3)14(2)16-19-9-10-22-16/h4-10,13-14H,11-12H2,1-3H3. The lowest BCUT2D eigenvalue weighted by Gasteiger charge is -2.48. The van der Waals surface area contributed by atoms with Crippen molar-refractivity contribution in [1.29, 1.82) is 0 Å². The lowest BCUT2D eigenvalue weighted by Crippen LogP contribution is -2.53. The van der Waals surface area contributed by atoms with Crippen LogP contribution in [-0.2, 0) is 10.2 Å². The first kappa shape index (κ1) is 15.2. The molecule has 1 amide bonds. The minimum absolute atomic E-state index is 0.0176. The summed E-state index contributed by atoms with van der Waals surface area (Å²) < 4.78 is 0. The molecule has 2 aromatic rings. The summed E-state index contributed by atoms with van der Waals surface area (Å²) in [7, 11) is 1.90. The third-order valence-electron chi connectivity index (χ3n) is 4.84. The maximum Gasteiger partial charge on any atom is 0.233 e.